The molecule has 25 heavy (non-hydrogen) atoms. The third-order valence-corrected chi connectivity index (χ3v) is 3.63. The van der Waals surface area contributed by atoms with Crippen molar-refractivity contribution in [3.05, 3.63) is 59.1 Å². The van der Waals surface area contributed by atoms with Crippen molar-refractivity contribution in [3.63, 3.8) is 0 Å². The summed E-state index contributed by atoms with van der Waals surface area (Å²) in [5, 5.41) is 3.15. The van der Waals surface area contributed by atoms with Crippen molar-refractivity contribution in [2.75, 3.05) is 23.9 Å². The Kier molecular flexibility index (Phi) is 6.14. The van der Waals surface area contributed by atoms with E-state index in [4.69, 9.17) is 11.6 Å². The van der Waals surface area contributed by atoms with Gasteiger partial charge in [0.05, 0.1) is 12.7 Å². The molecule has 7 heteroatoms. The molecule has 0 bridgehead atoms. The summed E-state index contributed by atoms with van der Waals surface area (Å²) < 4.78 is 4.61. The normalized spacial score (nSPS) is 10.0. The van der Waals surface area contributed by atoms with Gasteiger partial charge in [0, 0.05) is 23.3 Å². The topological polar surface area (TPSA) is 75.7 Å². The van der Waals surface area contributed by atoms with Gasteiger partial charge >= 0.3 is 5.97 Å². The molecule has 0 saturated heterocycles. The molecule has 0 aliphatic heterocycles. The Bertz CT molecular complexity index is 790. The van der Waals surface area contributed by atoms with Crippen LogP contribution in [-0.4, -0.2) is 31.4 Å². The number of carbonyl (C=O) groups excluding carboxylic acids is 3. The van der Waals surface area contributed by atoms with E-state index in [1.165, 1.54) is 18.9 Å². The second-order valence-corrected chi connectivity index (χ2v) is 5.64. The first-order valence-electron chi connectivity index (χ1n) is 7.42. The molecule has 2 aromatic carbocycles. The van der Waals surface area contributed by atoms with Crippen molar-refractivity contribution >= 4 is 40.8 Å². The fraction of sp³-hybridized carbons (Fsp3) is 0.167. The van der Waals surface area contributed by atoms with Crippen LogP contribution in [0.4, 0.5) is 11.4 Å². The highest BCUT2D eigenvalue weighted by molar-refractivity contribution is 6.31. The Balaban J connectivity index is 2.06. The highest BCUT2D eigenvalue weighted by Gasteiger charge is 2.16. The van der Waals surface area contributed by atoms with Crippen LogP contribution in [0.3, 0.4) is 0 Å². The van der Waals surface area contributed by atoms with Crippen LogP contribution in [0.25, 0.3) is 0 Å². The highest BCUT2D eigenvalue weighted by Crippen LogP contribution is 2.20. The van der Waals surface area contributed by atoms with E-state index < -0.39 is 5.97 Å². The molecular weight excluding hydrogens is 344 g/mol. The minimum absolute atomic E-state index is 0.158. The Morgan fingerprint density at radius 3 is 2.36 bits per heavy atom. The van der Waals surface area contributed by atoms with Gasteiger partial charge in [0.2, 0.25) is 11.8 Å². The van der Waals surface area contributed by atoms with Gasteiger partial charge < -0.3 is 15.0 Å². The number of esters is 1. The third-order valence-electron chi connectivity index (χ3n) is 3.39. The lowest BCUT2D eigenvalue weighted by atomic mass is 10.2. The predicted molar refractivity (Wildman–Crippen MR) is 95.9 cm³/mol. The summed E-state index contributed by atoms with van der Waals surface area (Å²) in [7, 11) is 1.30. The molecule has 0 spiro atoms. The number of halogens is 1. The van der Waals surface area contributed by atoms with Crippen molar-refractivity contribution in [2.45, 2.75) is 6.92 Å². The molecule has 0 saturated carbocycles. The van der Waals surface area contributed by atoms with E-state index in [9.17, 15) is 14.4 Å². The maximum absolute atomic E-state index is 12.2. The summed E-state index contributed by atoms with van der Waals surface area (Å²) in [4.78, 5) is 36.8. The van der Waals surface area contributed by atoms with Crippen molar-refractivity contribution in [3.8, 4) is 0 Å². The number of hydrogen-bond donors (Lipinski definition) is 1. The molecule has 2 aromatic rings. The van der Waals surface area contributed by atoms with E-state index >= 15 is 0 Å². The third kappa shape index (κ3) is 5.06. The molecule has 0 atom stereocenters. The average Bonchev–Trinajstić information content (AvgIpc) is 2.59. The average molecular weight is 361 g/mol. The molecule has 0 unspecified atom stereocenters. The number of carbonyl (C=O) groups is 3. The number of ether oxygens (including phenoxy) is 1. The zero-order chi connectivity index (χ0) is 18.4. The van der Waals surface area contributed by atoms with Crippen LogP contribution in [0.2, 0.25) is 5.02 Å². The quantitative estimate of drug-likeness (QED) is 0.831. The van der Waals surface area contributed by atoms with Gasteiger partial charge in [0.1, 0.15) is 6.54 Å². The second-order valence-electron chi connectivity index (χ2n) is 5.20. The van der Waals surface area contributed by atoms with Gasteiger partial charge in [-0.15, -0.1) is 0 Å². The van der Waals surface area contributed by atoms with Crippen molar-refractivity contribution in [1.29, 1.82) is 0 Å². The molecule has 130 valence electrons. The van der Waals surface area contributed by atoms with Crippen LogP contribution in [0, 0.1) is 0 Å². The molecule has 0 aliphatic rings. The molecule has 0 fully saturated rings. The number of hydrogen-bond acceptors (Lipinski definition) is 4. The second kappa shape index (κ2) is 8.30. The van der Waals surface area contributed by atoms with Crippen molar-refractivity contribution < 1.29 is 19.1 Å². The van der Waals surface area contributed by atoms with Crippen molar-refractivity contribution in [2.24, 2.45) is 0 Å². The number of amides is 2. The number of benzene rings is 2. The van der Waals surface area contributed by atoms with Gasteiger partial charge in [0.25, 0.3) is 0 Å². The van der Waals surface area contributed by atoms with Crippen LogP contribution >= 0.6 is 11.6 Å². The van der Waals surface area contributed by atoms with Crippen LogP contribution in [0.1, 0.15) is 17.3 Å². The predicted octanol–water partition coefficient (Wildman–Crippen LogP) is 3.12. The summed E-state index contributed by atoms with van der Waals surface area (Å²) in [6.45, 7) is 1.22. The molecular formula is C18H17ClN2O4. The first kappa shape index (κ1) is 18.5. The highest BCUT2D eigenvalue weighted by atomic mass is 35.5. The summed E-state index contributed by atoms with van der Waals surface area (Å²) in [6.07, 6.45) is 0. The summed E-state index contributed by atoms with van der Waals surface area (Å²) >= 11 is 5.94. The lowest BCUT2D eigenvalue weighted by Crippen LogP contribution is -2.36. The number of nitrogens with one attached hydrogen (secondary N) is 1. The Labute approximate surface area is 150 Å². The van der Waals surface area contributed by atoms with Gasteiger partial charge in [-0.05, 0) is 42.5 Å². The maximum Gasteiger partial charge on any atom is 0.337 e. The summed E-state index contributed by atoms with van der Waals surface area (Å²) in [5.74, 6) is -1.11. The molecule has 0 aliphatic carbocycles. The standard InChI is InChI=1S/C18H17ClN2O4/c1-12(22)21(16-5-3-4-14(19)10-16)11-17(23)20-15-8-6-13(7-9-15)18(24)25-2/h3-10H,11H2,1-2H3,(H,20,23). The number of nitrogens with zero attached hydrogens (tertiary/aromatic N) is 1. The van der Waals surface area contributed by atoms with Crippen LogP contribution in [0.5, 0.6) is 0 Å². The molecule has 2 amide bonds. The van der Waals surface area contributed by atoms with Gasteiger partial charge in [-0.3, -0.25) is 9.59 Å². The lowest BCUT2D eigenvalue weighted by Gasteiger charge is -2.21. The monoisotopic (exact) mass is 360 g/mol. The van der Waals surface area contributed by atoms with Crippen LogP contribution in [0.15, 0.2) is 48.5 Å². The lowest BCUT2D eigenvalue weighted by molar-refractivity contribution is -0.120. The smallest absolute Gasteiger partial charge is 0.337 e. The van der Waals surface area contributed by atoms with E-state index in [1.807, 2.05) is 0 Å². The summed E-state index contributed by atoms with van der Waals surface area (Å²) in [5.41, 5.74) is 1.42. The van der Waals surface area contributed by atoms with E-state index in [2.05, 4.69) is 10.1 Å². The van der Waals surface area contributed by atoms with E-state index in [1.54, 1.807) is 48.5 Å². The van der Waals surface area contributed by atoms with Gasteiger partial charge in [-0.2, -0.15) is 0 Å². The first-order chi connectivity index (χ1) is 11.9. The minimum atomic E-state index is -0.457. The number of rotatable bonds is 5. The zero-order valence-corrected chi connectivity index (χ0v) is 14.5. The Morgan fingerprint density at radius 1 is 1.12 bits per heavy atom. The minimum Gasteiger partial charge on any atom is -0.465 e. The van der Waals surface area contributed by atoms with Gasteiger partial charge in [-0.25, -0.2) is 4.79 Å². The van der Waals surface area contributed by atoms with E-state index in [-0.39, 0.29) is 18.4 Å². The van der Waals surface area contributed by atoms with Crippen molar-refractivity contribution in [1.82, 2.24) is 0 Å². The first-order valence-corrected chi connectivity index (χ1v) is 7.80. The zero-order valence-electron chi connectivity index (χ0n) is 13.8. The van der Waals surface area contributed by atoms with Crippen LogP contribution < -0.4 is 10.2 Å². The van der Waals surface area contributed by atoms with Crippen LogP contribution in [-0.2, 0) is 14.3 Å². The maximum atomic E-state index is 12.2. The molecule has 0 radical (unpaired) electrons. The summed E-state index contributed by atoms with van der Waals surface area (Å²) in [6, 6.07) is 13.0. The van der Waals surface area contributed by atoms with Gasteiger partial charge in [-0.1, -0.05) is 17.7 Å². The largest absolute Gasteiger partial charge is 0.465 e. The molecule has 0 aromatic heterocycles. The fourth-order valence-corrected chi connectivity index (χ4v) is 2.36. The van der Waals surface area contributed by atoms with Gasteiger partial charge in [0.15, 0.2) is 0 Å². The molecule has 2 rings (SSSR count). The molecule has 0 heterocycles. The molecule has 6 nitrogen and oxygen atoms in total. The Morgan fingerprint density at radius 2 is 1.80 bits per heavy atom. The Hall–Kier alpha value is -2.86. The molecule has 1 N–H and O–H groups in total. The van der Waals surface area contributed by atoms with E-state index in [0.717, 1.165) is 0 Å². The fourth-order valence-electron chi connectivity index (χ4n) is 2.18. The van der Waals surface area contributed by atoms with E-state index in [0.29, 0.717) is 22.0 Å². The number of anilines is 2. The SMILES string of the molecule is COC(=O)c1ccc(NC(=O)CN(C(C)=O)c2cccc(Cl)c2)cc1. The number of methoxy groups -OCH3 is 1.